The van der Waals surface area contributed by atoms with E-state index in [4.69, 9.17) is 5.11 Å². The first-order valence-electron chi connectivity index (χ1n) is 7.35. The maximum absolute atomic E-state index is 13.0. The van der Waals surface area contributed by atoms with Crippen molar-refractivity contribution < 1.29 is 23.1 Å². The van der Waals surface area contributed by atoms with Gasteiger partial charge < -0.3 is 21.1 Å². The lowest BCUT2D eigenvalue weighted by molar-refractivity contribution is -0.137. The molecule has 132 valence electrons. The number of nitrogens with zero attached hydrogens (tertiary/aromatic N) is 2. The highest BCUT2D eigenvalue weighted by Crippen LogP contribution is 2.34. The first kappa shape index (κ1) is 17.0. The van der Waals surface area contributed by atoms with E-state index >= 15 is 0 Å². The maximum atomic E-state index is 13.0. The van der Waals surface area contributed by atoms with Crippen LogP contribution in [0.4, 0.5) is 36.3 Å². The fraction of sp³-hybridized carbons (Fsp3) is 0.267. The van der Waals surface area contributed by atoms with Crippen molar-refractivity contribution in [2.24, 2.45) is 0 Å². The third-order valence-corrected chi connectivity index (χ3v) is 3.48. The van der Waals surface area contributed by atoms with E-state index in [1.807, 2.05) is 0 Å². The Hall–Kier alpha value is -2.88. The van der Waals surface area contributed by atoms with Gasteiger partial charge in [-0.15, -0.1) is 0 Å². The maximum Gasteiger partial charge on any atom is 0.421 e. The van der Waals surface area contributed by atoms with Crippen LogP contribution in [0.3, 0.4) is 0 Å². The molecule has 1 aromatic heterocycles. The van der Waals surface area contributed by atoms with Gasteiger partial charge >= 0.3 is 6.18 Å². The van der Waals surface area contributed by atoms with Crippen molar-refractivity contribution >= 4 is 29.0 Å². The molecule has 0 aliphatic carbocycles. The molecule has 1 aliphatic heterocycles. The van der Waals surface area contributed by atoms with Crippen molar-refractivity contribution in [3.63, 3.8) is 0 Å². The van der Waals surface area contributed by atoms with Gasteiger partial charge in [-0.3, -0.25) is 4.79 Å². The number of aliphatic hydroxyl groups is 1. The lowest BCUT2D eigenvalue weighted by Crippen LogP contribution is -2.16. The molecule has 2 aromatic rings. The quantitative estimate of drug-likeness (QED) is 0.657. The van der Waals surface area contributed by atoms with Crippen LogP contribution in [0.5, 0.6) is 0 Å². The molecular weight excluding hydrogens is 339 g/mol. The summed E-state index contributed by atoms with van der Waals surface area (Å²) < 4.78 is 38.9. The number of hydrogen-bond acceptors (Lipinski definition) is 6. The lowest BCUT2D eigenvalue weighted by Gasteiger charge is -2.14. The Kier molecular flexibility index (Phi) is 4.45. The Balaban J connectivity index is 1.85. The van der Waals surface area contributed by atoms with E-state index in [1.54, 1.807) is 18.2 Å². The second-order valence-corrected chi connectivity index (χ2v) is 5.33. The predicted molar refractivity (Wildman–Crippen MR) is 84.7 cm³/mol. The number of anilines is 4. The highest BCUT2D eigenvalue weighted by Gasteiger charge is 2.35. The molecular formula is C15H14F3N5O2. The highest BCUT2D eigenvalue weighted by atomic mass is 19.4. The SMILES string of the molecule is O=C1Cc2cc(Nc3ncc(C(F)(F)F)c(NCCO)n3)ccc2N1. The number of aliphatic hydroxyl groups excluding tert-OH is 1. The van der Waals surface area contributed by atoms with Gasteiger partial charge in [0.25, 0.3) is 0 Å². The molecule has 10 heteroatoms. The van der Waals surface area contributed by atoms with Gasteiger partial charge in [0, 0.05) is 24.1 Å². The highest BCUT2D eigenvalue weighted by molar-refractivity contribution is 5.99. The molecule has 0 bridgehead atoms. The number of carbonyl (C=O) groups is 1. The van der Waals surface area contributed by atoms with Crippen LogP contribution in [0.2, 0.25) is 0 Å². The summed E-state index contributed by atoms with van der Waals surface area (Å²) in [5.41, 5.74) is 1.01. The van der Waals surface area contributed by atoms with Gasteiger partial charge in [0.15, 0.2) is 0 Å². The molecule has 0 spiro atoms. The minimum absolute atomic E-state index is 0.0364. The number of hydrogen-bond donors (Lipinski definition) is 4. The van der Waals surface area contributed by atoms with E-state index in [1.165, 1.54) is 0 Å². The molecule has 0 fully saturated rings. The Morgan fingerprint density at radius 1 is 1.32 bits per heavy atom. The summed E-state index contributed by atoms with van der Waals surface area (Å²) in [7, 11) is 0. The summed E-state index contributed by atoms with van der Waals surface area (Å²) in [5.74, 6) is -0.573. The molecule has 0 saturated carbocycles. The monoisotopic (exact) mass is 353 g/mol. The molecule has 0 radical (unpaired) electrons. The van der Waals surface area contributed by atoms with E-state index < -0.39 is 17.6 Å². The molecule has 25 heavy (non-hydrogen) atoms. The molecule has 0 unspecified atom stereocenters. The first-order valence-corrected chi connectivity index (χ1v) is 7.35. The Bertz CT molecular complexity index is 810. The summed E-state index contributed by atoms with van der Waals surface area (Å²) in [6.45, 7) is -0.415. The van der Waals surface area contributed by atoms with Gasteiger partial charge in [0.1, 0.15) is 11.4 Å². The standard InChI is InChI=1S/C15H14F3N5O2/c16-15(17,18)10-7-20-14(23-13(10)19-3-4-24)21-9-1-2-11-8(5-9)6-12(25)22-11/h1-2,5,7,24H,3-4,6H2,(H,22,25)(H2,19,20,21,23). The second-order valence-electron chi connectivity index (χ2n) is 5.33. The van der Waals surface area contributed by atoms with Gasteiger partial charge in [-0.1, -0.05) is 0 Å². The largest absolute Gasteiger partial charge is 0.421 e. The van der Waals surface area contributed by atoms with Gasteiger partial charge in [-0.05, 0) is 23.8 Å². The number of alkyl halides is 3. The number of benzene rings is 1. The van der Waals surface area contributed by atoms with Crippen molar-refractivity contribution in [1.82, 2.24) is 9.97 Å². The number of fused-ring (bicyclic) bond motifs is 1. The van der Waals surface area contributed by atoms with E-state index in [-0.39, 0.29) is 31.4 Å². The van der Waals surface area contributed by atoms with Crippen LogP contribution in [-0.4, -0.2) is 34.1 Å². The normalized spacial score (nSPS) is 13.4. The summed E-state index contributed by atoms with van der Waals surface area (Å²) in [6.07, 6.45) is -3.70. The summed E-state index contributed by atoms with van der Waals surface area (Å²) in [5, 5.41) is 16.7. The molecule has 4 N–H and O–H groups in total. The van der Waals surface area contributed by atoms with Gasteiger partial charge in [0.2, 0.25) is 11.9 Å². The summed E-state index contributed by atoms with van der Waals surface area (Å²) in [4.78, 5) is 18.9. The van der Waals surface area contributed by atoms with Crippen LogP contribution in [0, 0.1) is 0 Å². The van der Waals surface area contributed by atoms with E-state index in [0.717, 1.165) is 5.56 Å². The molecule has 1 amide bonds. The zero-order valence-corrected chi connectivity index (χ0v) is 12.8. The summed E-state index contributed by atoms with van der Waals surface area (Å²) in [6, 6.07) is 5.05. The van der Waals surface area contributed by atoms with Crippen molar-refractivity contribution in [2.75, 3.05) is 29.1 Å². The third-order valence-electron chi connectivity index (χ3n) is 3.48. The van der Waals surface area contributed by atoms with E-state index in [0.29, 0.717) is 17.6 Å². The minimum atomic E-state index is -4.62. The third kappa shape index (κ3) is 3.79. The molecule has 1 aliphatic rings. The second kappa shape index (κ2) is 6.55. The number of nitrogens with one attached hydrogen (secondary N) is 3. The van der Waals surface area contributed by atoms with E-state index in [2.05, 4.69) is 25.9 Å². The number of halogens is 3. The number of rotatable bonds is 5. The number of carbonyl (C=O) groups excluding carboxylic acids is 1. The summed E-state index contributed by atoms with van der Waals surface area (Å²) >= 11 is 0. The van der Waals surface area contributed by atoms with E-state index in [9.17, 15) is 18.0 Å². The Morgan fingerprint density at radius 2 is 2.12 bits per heavy atom. The van der Waals surface area contributed by atoms with Crippen molar-refractivity contribution in [2.45, 2.75) is 12.6 Å². The van der Waals surface area contributed by atoms with Gasteiger partial charge in [-0.2, -0.15) is 18.2 Å². The van der Waals surface area contributed by atoms with Crippen LogP contribution < -0.4 is 16.0 Å². The van der Waals surface area contributed by atoms with Crippen LogP contribution in [0.25, 0.3) is 0 Å². The van der Waals surface area contributed by atoms with Gasteiger partial charge in [0.05, 0.1) is 13.0 Å². The van der Waals surface area contributed by atoms with Crippen LogP contribution in [0.15, 0.2) is 24.4 Å². The average Bonchev–Trinajstić information content (AvgIpc) is 2.91. The van der Waals surface area contributed by atoms with Crippen LogP contribution in [-0.2, 0) is 17.4 Å². The molecule has 7 nitrogen and oxygen atoms in total. The molecule has 2 heterocycles. The number of amides is 1. The van der Waals surface area contributed by atoms with Crippen LogP contribution in [0.1, 0.15) is 11.1 Å². The van der Waals surface area contributed by atoms with Crippen molar-refractivity contribution in [1.29, 1.82) is 0 Å². The minimum Gasteiger partial charge on any atom is -0.395 e. The number of aromatic nitrogens is 2. The smallest absolute Gasteiger partial charge is 0.395 e. The zero-order valence-electron chi connectivity index (χ0n) is 12.8. The topological polar surface area (TPSA) is 99.2 Å². The fourth-order valence-electron chi connectivity index (χ4n) is 2.39. The predicted octanol–water partition coefficient (Wildman–Crippen LogP) is 2.14. The van der Waals surface area contributed by atoms with Crippen molar-refractivity contribution in [3.05, 3.63) is 35.5 Å². The van der Waals surface area contributed by atoms with Crippen LogP contribution >= 0.6 is 0 Å². The zero-order chi connectivity index (χ0) is 18.0. The fourth-order valence-corrected chi connectivity index (χ4v) is 2.39. The first-order chi connectivity index (χ1) is 11.9. The van der Waals surface area contributed by atoms with Gasteiger partial charge in [-0.25, -0.2) is 4.98 Å². The lowest BCUT2D eigenvalue weighted by atomic mass is 10.1. The molecule has 0 atom stereocenters. The molecule has 1 aromatic carbocycles. The van der Waals surface area contributed by atoms with Crippen molar-refractivity contribution in [3.8, 4) is 0 Å². The Labute approximate surface area is 140 Å². The Morgan fingerprint density at radius 3 is 2.84 bits per heavy atom. The molecule has 0 saturated heterocycles. The average molecular weight is 353 g/mol. The molecule has 3 rings (SSSR count).